The fourth-order valence-corrected chi connectivity index (χ4v) is 4.90. The molecule has 1 N–H and O–H groups in total. The Morgan fingerprint density at radius 2 is 1.97 bits per heavy atom. The highest BCUT2D eigenvalue weighted by molar-refractivity contribution is 5.91. The summed E-state index contributed by atoms with van der Waals surface area (Å²) >= 11 is 0. The molecule has 152 valence electrons. The third kappa shape index (κ3) is 4.35. The van der Waals surface area contributed by atoms with Crippen LogP contribution >= 0.6 is 0 Å². The van der Waals surface area contributed by atoms with E-state index in [0.717, 1.165) is 43.7 Å². The molecule has 29 heavy (non-hydrogen) atoms. The minimum absolute atomic E-state index is 0.00341. The van der Waals surface area contributed by atoms with Crippen LogP contribution in [-0.2, 0) is 4.79 Å². The van der Waals surface area contributed by atoms with Gasteiger partial charge in [-0.05, 0) is 43.0 Å². The van der Waals surface area contributed by atoms with Crippen LogP contribution in [0.5, 0.6) is 0 Å². The predicted octanol–water partition coefficient (Wildman–Crippen LogP) is 3.05. The van der Waals surface area contributed by atoms with Gasteiger partial charge in [0.25, 0.3) is 5.56 Å². The van der Waals surface area contributed by atoms with Gasteiger partial charge in [-0.2, -0.15) is 0 Å². The number of amides is 1. The monoisotopic (exact) mass is 391 g/mol. The van der Waals surface area contributed by atoms with E-state index in [0.29, 0.717) is 18.4 Å². The Kier molecular flexibility index (Phi) is 5.95. The van der Waals surface area contributed by atoms with Crippen molar-refractivity contribution in [1.82, 2.24) is 14.8 Å². The number of benzene rings is 1. The molecule has 2 aliphatic heterocycles. The van der Waals surface area contributed by atoms with E-state index >= 15 is 0 Å². The molecule has 1 aromatic heterocycles. The van der Waals surface area contributed by atoms with Gasteiger partial charge in [0, 0.05) is 43.4 Å². The maximum Gasteiger partial charge on any atom is 0.251 e. The van der Waals surface area contributed by atoms with Gasteiger partial charge in [-0.1, -0.05) is 43.3 Å². The Balaban J connectivity index is 1.51. The van der Waals surface area contributed by atoms with E-state index in [9.17, 15) is 9.59 Å². The number of piperidine rings is 1. The Hall–Kier alpha value is -2.66. The number of nitrogens with one attached hydrogen (secondary N) is 1. The predicted molar refractivity (Wildman–Crippen MR) is 116 cm³/mol. The van der Waals surface area contributed by atoms with Crippen molar-refractivity contribution in [2.45, 2.75) is 31.7 Å². The largest absolute Gasteiger partial charge is 0.350 e. The molecule has 2 bridgehead atoms. The Labute approximate surface area is 172 Å². The maximum absolute atomic E-state index is 12.7. The lowest BCUT2D eigenvalue weighted by Crippen LogP contribution is -2.52. The molecule has 1 fully saturated rings. The van der Waals surface area contributed by atoms with Crippen molar-refractivity contribution in [3.05, 3.63) is 76.2 Å². The van der Waals surface area contributed by atoms with Crippen LogP contribution in [0.1, 0.15) is 43.0 Å². The summed E-state index contributed by atoms with van der Waals surface area (Å²) in [7, 11) is 0. The summed E-state index contributed by atoms with van der Waals surface area (Å²) in [6, 6.07) is 15.4. The first kappa shape index (κ1) is 19.6. The third-order valence-corrected chi connectivity index (χ3v) is 6.13. The van der Waals surface area contributed by atoms with Crippen molar-refractivity contribution in [3.8, 4) is 0 Å². The average Bonchev–Trinajstić information content (AvgIpc) is 2.73. The molecule has 0 aliphatic carbocycles. The Morgan fingerprint density at radius 3 is 2.76 bits per heavy atom. The molecule has 5 nitrogen and oxygen atoms in total. The standard InChI is InChI=1S/C24H29N3O2/c1-2-13-26-16-19-14-20(17-26)22(27-21(19)9-6-10-24(27)29)15-25-23(28)12-11-18-7-4-3-5-8-18/h3-12,19-20,22H,2,13-17H2,1H3,(H,25,28)/b12-11+/t19-,20+,22+/m1/s1. The molecule has 0 unspecified atom stereocenters. The molecule has 0 saturated carbocycles. The van der Waals surface area contributed by atoms with Crippen LogP contribution in [0.25, 0.3) is 6.08 Å². The minimum Gasteiger partial charge on any atom is -0.350 e. The number of carbonyl (C=O) groups excluding carboxylic acids is 1. The summed E-state index contributed by atoms with van der Waals surface area (Å²) in [6.07, 6.45) is 5.60. The molecule has 1 amide bonds. The van der Waals surface area contributed by atoms with Gasteiger partial charge in [0.15, 0.2) is 0 Å². The molecule has 3 heterocycles. The van der Waals surface area contributed by atoms with E-state index in [2.05, 4.69) is 23.2 Å². The van der Waals surface area contributed by atoms with E-state index in [-0.39, 0.29) is 17.5 Å². The number of fused-ring (bicyclic) bond motifs is 4. The van der Waals surface area contributed by atoms with Crippen LogP contribution in [0.4, 0.5) is 0 Å². The van der Waals surface area contributed by atoms with Crippen molar-refractivity contribution in [2.24, 2.45) is 5.92 Å². The maximum atomic E-state index is 12.7. The summed E-state index contributed by atoms with van der Waals surface area (Å²) in [5.74, 6) is 0.660. The van der Waals surface area contributed by atoms with Crippen LogP contribution in [0.3, 0.4) is 0 Å². The highest BCUT2D eigenvalue weighted by Crippen LogP contribution is 2.40. The first-order valence-corrected chi connectivity index (χ1v) is 10.6. The second-order valence-electron chi connectivity index (χ2n) is 8.17. The summed E-state index contributed by atoms with van der Waals surface area (Å²) in [5, 5.41) is 3.04. The fraction of sp³-hybridized carbons (Fsp3) is 0.417. The molecule has 1 aromatic carbocycles. The van der Waals surface area contributed by atoms with Crippen molar-refractivity contribution in [3.63, 3.8) is 0 Å². The molecular formula is C24H29N3O2. The summed E-state index contributed by atoms with van der Waals surface area (Å²) in [4.78, 5) is 27.6. The van der Waals surface area contributed by atoms with Gasteiger partial charge in [0.05, 0.1) is 6.04 Å². The first-order valence-electron chi connectivity index (χ1n) is 10.6. The quantitative estimate of drug-likeness (QED) is 0.770. The lowest BCUT2D eigenvalue weighted by atomic mass is 9.78. The fourth-order valence-electron chi connectivity index (χ4n) is 4.90. The lowest BCUT2D eigenvalue weighted by molar-refractivity contribution is -0.116. The molecule has 2 aliphatic rings. The number of hydrogen-bond donors (Lipinski definition) is 1. The van der Waals surface area contributed by atoms with E-state index in [1.165, 1.54) is 0 Å². The third-order valence-electron chi connectivity index (χ3n) is 6.13. The molecule has 5 heteroatoms. The van der Waals surface area contributed by atoms with Crippen molar-refractivity contribution in [2.75, 3.05) is 26.2 Å². The van der Waals surface area contributed by atoms with Crippen molar-refractivity contribution >= 4 is 12.0 Å². The second-order valence-corrected chi connectivity index (χ2v) is 8.17. The van der Waals surface area contributed by atoms with E-state index in [1.54, 1.807) is 12.1 Å². The molecule has 2 aromatic rings. The number of carbonyl (C=O) groups is 1. The number of likely N-dealkylation sites (tertiary alicyclic amines) is 1. The number of rotatable bonds is 6. The highest BCUT2D eigenvalue weighted by atomic mass is 16.1. The number of nitrogens with zero attached hydrogens (tertiary/aromatic N) is 2. The second kappa shape index (κ2) is 8.78. The van der Waals surface area contributed by atoms with Crippen LogP contribution in [0, 0.1) is 5.92 Å². The number of pyridine rings is 1. The zero-order valence-electron chi connectivity index (χ0n) is 17.0. The van der Waals surface area contributed by atoms with Gasteiger partial charge in [-0.25, -0.2) is 0 Å². The summed E-state index contributed by atoms with van der Waals surface area (Å²) in [6.45, 7) is 5.78. The van der Waals surface area contributed by atoms with Crippen LogP contribution in [-0.4, -0.2) is 41.6 Å². The molecule has 1 saturated heterocycles. The van der Waals surface area contributed by atoms with E-state index in [1.807, 2.05) is 47.0 Å². The molecule has 0 radical (unpaired) electrons. The van der Waals surface area contributed by atoms with E-state index < -0.39 is 0 Å². The highest BCUT2D eigenvalue weighted by Gasteiger charge is 2.40. The van der Waals surface area contributed by atoms with Gasteiger partial charge in [-0.15, -0.1) is 0 Å². The summed E-state index contributed by atoms with van der Waals surface area (Å²) < 4.78 is 1.95. The Morgan fingerprint density at radius 1 is 1.14 bits per heavy atom. The number of hydrogen-bond acceptors (Lipinski definition) is 3. The molecule has 0 spiro atoms. The van der Waals surface area contributed by atoms with Gasteiger partial charge in [0.1, 0.15) is 0 Å². The zero-order valence-corrected chi connectivity index (χ0v) is 17.0. The average molecular weight is 392 g/mol. The van der Waals surface area contributed by atoms with Crippen LogP contribution < -0.4 is 10.9 Å². The van der Waals surface area contributed by atoms with Gasteiger partial charge < -0.3 is 14.8 Å². The van der Waals surface area contributed by atoms with Crippen molar-refractivity contribution < 1.29 is 4.79 Å². The van der Waals surface area contributed by atoms with Gasteiger partial charge in [-0.3, -0.25) is 9.59 Å². The lowest BCUT2D eigenvalue weighted by Gasteiger charge is -2.47. The van der Waals surface area contributed by atoms with Crippen LogP contribution in [0.15, 0.2) is 59.4 Å². The molecule has 4 rings (SSSR count). The molecule has 3 atom stereocenters. The number of aromatic nitrogens is 1. The normalized spacial score (nSPS) is 23.7. The van der Waals surface area contributed by atoms with Crippen LogP contribution in [0.2, 0.25) is 0 Å². The SMILES string of the molecule is CCCN1C[C@H]2C[C@@H](C1)[C@H](CNC(=O)/C=C/c1ccccc1)n1c2cccc1=O. The Bertz CT molecular complexity index is 935. The smallest absolute Gasteiger partial charge is 0.251 e. The van der Waals surface area contributed by atoms with Crippen molar-refractivity contribution in [1.29, 1.82) is 0 Å². The van der Waals surface area contributed by atoms with E-state index in [4.69, 9.17) is 0 Å². The summed E-state index contributed by atoms with van der Waals surface area (Å²) in [5.41, 5.74) is 2.15. The van der Waals surface area contributed by atoms with Gasteiger partial charge >= 0.3 is 0 Å². The first-order chi connectivity index (χ1) is 14.2. The zero-order chi connectivity index (χ0) is 20.2. The van der Waals surface area contributed by atoms with Gasteiger partial charge in [0.2, 0.25) is 5.91 Å². The molecular weight excluding hydrogens is 362 g/mol. The topological polar surface area (TPSA) is 54.3 Å². The minimum atomic E-state index is -0.122.